The van der Waals surface area contributed by atoms with Gasteiger partial charge in [0.15, 0.2) is 12.2 Å². The molecule has 0 radical (unpaired) electrons. The standard InChI is InChI=1S/C26H23N3O5.H2/c1-17-14-18(6-8-21(17)33-16-24(30)31)25(32)28-12-10-26(11-13-28)23-9-7-19(15-27)29(23)20-4-2-3-5-22(20)34-26;/h2-9,14H,10-13,16H2,1H3,(H,30,31);1H. The van der Waals surface area contributed by atoms with Gasteiger partial charge in [0.1, 0.15) is 23.3 Å². The number of rotatable bonds is 4. The number of benzene rings is 2. The number of aryl methyl sites for hydroxylation is 1. The monoisotopic (exact) mass is 459 g/mol. The maximum Gasteiger partial charge on any atom is 0.341 e. The molecule has 8 heteroatoms. The molecule has 0 atom stereocenters. The van der Waals surface area contributed by atoms with Crippen molar-refractivity contribution in [3.8, 4) is 23.3 Å². The Bertz CT molecular complexity index is 1330. The van der Waals surface area contributed by atoms with Crippen LogP contribution in [-0.4, -0.2) is 46.1 Å². The fourth-order valence-corrected chi connectivity index (χ4v) is 4.83. The first-order valence-corrected chi connectivity index (χ1v) is 11.1. The summed E-state index contributed by atoms with van der Waals surface area (Å²) in [5, 5.41) is 18.4. The molecule has 1 spiro atoms. The average Bonchev–Trinajstić information content (AvgIpc) is 3.29. The van der Waals surface area contributed by atoms with Gasteiger partial charge in [-0.3, -0.25) is 9.36 Å². The maximum absolute atomic E-state index is 13.2. The molecule has 2 aromatic carbocycles. The Balaban J connectivity index is 0.00000289. The number of aromatic nitrogens is 1. The van der Waals surface area contributed by atoms with Gasteiger partial charge in [0, 0.05) is 32.9 Å². The Hall–Kier alpha value is -4.25. The van der Waals surface area contributed by atoms with E-state index >= 15 is 0 Å². The van der Waals surface area contributed by atoms with Gasteiger partial charge in [-0.2, -0.15) is 5.26 Å². The quantitative estimate of drug-likeness (QED) is 0.635. The summed E-state index contributed by atoms with van der Waals surface area (Å²) in [6.07, 6.45) is 1.20. The number of para-hydroxylation sites is 2. The number of ether oxygens (including phenoxy) is 2. The van der Waals surface area contributed by atoms with E-state index in [-0.39, 0.29) is 7.33 Å². The number of piperidine rings is 1. The van der Waals surface area contributed by atoms with Crippen LogP contribution in [-0.2, 0) is 10.4 Å². The van der Waals surface area contributed by atoms with Gasteiger partial charge in [0.2, 0.25) is 0 Å². The number of carboxylic acids is 1. The lowest BCUT2D eigenvalue weighted by atomic mass is 9.86. The van der Waals surface area contributed by atoms with Crippen LogP contribution < -0.4 is 9.47 Å². The minimum absolute atomic E-state index is 0. The van der Waals surface area contributed by atoms with Crippen LogP contribution in [0.4, 0.5) is 0 Å². The summed E-state index contributed by atoms with van der Waals surface area (Å²) in [5.74, 6) is 0.0318. The fourth-order valence-electron chi connectivity index (χ4n) is 4.83. The molecule has 1 aromatic heterocycles. The summed E-state index contributed by atoms with van der Waals surface area (Å²) in [6, 6.07) is 18.7. The maximum atomic E-state index is 13.2. The number of fused-ring (bicyclic) bond motifs is 4. The van der Waals surface area contributed by atoms with Crippen molar-refractivity contribution >= 4 is 11.9 Å². The van der Waals surface area contributed by atoms with Crippen LogP contribution in [0.3, 0.4) is 0 Å². The van der Waals surface area contributed by atoms with Crippen LogP contribution in [0.15, 0.2) is 54.6 Å². The highest BCUT2D eigenvalue weighted by molar-refractivity contribution is 5.94. The minimum Gasteiger partial charge on any atom is -0.482 e. The molecule has 5 rings (SSSR count). The molecular formula is C26H25N3O5. The van der Waals surface area contributed by atoms with E-state index in [0.717, 1.165) is 17.1 Å². The summed E-state index contributed by atoms with van der Waals surface area (Å²) >= 11 is 0. The number of nitrogens with zero attached hydrogens (tertiary/aromatic N) is 3. The van der Waals surface area contributed by atoms with Gasteiger partial charge in [-0.15, -0.1) is 0 Å². The number of hydrogen-bond donors (Lipinski definition) is 1. The Morgan fingerprint density at radius 2 is 1.94 bits per heavy atom. The average molecular weight is 460 g/mol. The van der Waals surface area contributed by atoms with Gasteiger partial charge >= 0.3 is 5.97 Å². The number of hydrogen-bond acceptors (Lipinski definition) is 5. The molecule has 3 aromatic rings. The first kappa shape index (κ1) is 21.6. The Kier molecular flexibility index (Phi) is 5.25. The van der Waals surface area contributed by atoms with Crippen molar-refractivity contribution in [2.75, 3.05) is 19.7 Å². The molecule has 0 aliphatic carbocycles. The molecule has 1 saturated heterocycles. The first-order valence-electron chi connectivity index (χ1n) is 11.1. The van der Waals surface area contributed by atoms with Crippen molar-refractivity contribution < 1.29 is 25.6 Å². The van der Waals surface area contributed by atoms with E-state index in [1.807, 2.05) is 41.0 Å². The Morgan fingerprint density at radius 3 is 2.65 bits per heavy atom. The third kappa shape index (κ3) is 3.55. The third-order valence-electron chi connectivity index (χ3n) is 6.51. The predicted octanol–water partition coefficient (Wildman–Crippen LogP) is 3.89. The van der Waals surface area contributed by atoms with Gasteiger partial charge in [0.25, 0.3) is 5.91 Å². The lowest BCUT2D eigenvalue weighted by Crippen LogP contribution is -2.50. The molecule has 2 aliphatic rings. The van der Waals surface area contributed by atoms with Crippen LogP contribution in [0, 0.1) is 18.3 Å². The summed E-state index contributed by atoms with van der Waals surface area (Å²) in [7, 11) is 0. The highest BCUT2D eigenvalue weighted by atomic mass is 16.5. The van der Waals surface area contributed by atoms with Gasteiger partial charge in [0.05, 0.1) is 11.4 Å². The Labute approximate surface area is 198 Å². The lowest BCUT2D eigenvalue weighted by Gasteiger charge is -2.45. The van der Waals surface area contributed by atoms with Crippen molar-refractivity contribution in [1.29, 1.82) is 5.26 Å². The molecule has 3 heterocycles. The van der Waals surface area contributed by atoms with Crippen molar-refractivity contribution in [3.63, 3.8) is 0 Å². The molecule has 1 fully saturated rings. The van der Waals surface area contributed by atoms with E-state index in [9.17, 15) is 14.9 Å². The summed E-state index contributed by atoms with van der Waals surface area (Å²) in [4.78, 5) is 25.7. The van der Waals surface area contributed by atoms with E-state index in [1.165, 1.54) is 0 Å². The van der Waals surface area contributed by atoms with Crippen LogP contribution in [0.1, 0.15) is 41.6 Å². The van der Waals surface area contributed by atoms with Crippen molar-refractivity contribution in [3.05, 3.63) is 77.1 Å². The SMILES string of the molecule is Cc1cc(C(=O)N2CCC3(CC2)Oc2ccccc2-n2c(C#N)ccc23)ccc1OCC(=O)O.[HH]. The van der Waals surface area contributed by atoms with Crippen molar-refractivity contribution in [2.45, 2.75) is 25.4 Å². The molecule has 2 aliphatic heterocycles. The van der Waals surface area contributed by atoms with Gasteiger partial charge in [-0.25, -0.2) is 4.79 Å². The molecule has 0 unspecified atom stereocenters. The van der Waals surface area contributed by atoms with Crippen LogP contribution in [0.2, 0.25) is 0 Å². The van der Waals surface area contributed by atoms with Crippen molar-refractivity contribution in [1.82, 2.24) is 9.47 Å². The number of carboxylic acid groups (broad SMARTS) is 1. The minimum atomic E-state index is -1.05. The predicted molar refractivity (Wildman–Crippen MR) is 124 cm³/mol. The summed E-state index contributed by atoms with van der Waals surface area (Å²) < 4.78 is 13.8. The van der Waals surface area contributed by atoms with Crippen LogP contribution in [0.25, 0.3) is 5.69 Å². The van der Waals surface area contributed by atoms with Crippen LogP contribution in [0.5, 0.6) is 11.5 Å². The molecule has 8 nitrogen and oxygen atoms in total. The number of likely N-dealkylation sites (tertiary alicyclic amines) is 1. The normalized spacial score (nSPS) is 15.6. The van der Waals surface area contributed by atoms with Gasteiger partial charge < -0.3 is 19.5 Å². The fraction of sp³-hybridized carbons (Fsp3) is 0.269. The molecule has 34 heavy (non-hydrogen) atoms. The molecule has 1 N–H and O–H groups in total. The largest absolute Gasteiger partial charge is 0.482 e. The smallest absolute Gasteiger partial charge is 0.341 e. The summed E-state index contributed by atoms with van der Waals surface area (Å²) in [5.41, 5.74) is 2.97. The molecule has 0 bridgehead atoms. The van der Waals surface area contributed by atoms with Crippen molar-refractivity contribution in [2.24, 2.45) is 0 Å². The van der Waals surface area contributed by atoms with Gasteiger partial charge in [-0.05, 0) is 55.0 Å². The number of aliphatic carboxylic acids is 1. The number of amides is 1. The number of carbonyl (C=O) groups excluding carboxylic acids is 1. The second-order valence-corrected chi connectivity index (χ2v) is 8.57. The highest BCUT2D eigenvalue weighted by Gasteiger charge is 2.45. The van der Waals surface area contributed by atoms with E-state index in [2.05, 4.69) is 6.07 Å². The molecule has 0 saturated carbocycles. The number of nitriles is 1. The highest BCUT2D eigenvalue weighted by Crippen LogP contribution is 2.46. The second kappa shape index (κ2) is 8.27. The van der Waals surface area contributed by atoms with E-state index in [1.54, 1.807) is 30.0 Å². The van der Waals surface area contributed by atoms with E-state index < -0.39 is 18.2 Å². The van der Waals surface area contributed by atoms with Crippen LogP contribution >= 0.6 is 0 Å². The molecular weight excluding hydrogens is 434 g/mol. The summed E-state index contributed by atoms with van der Waals surface area (Å²) in [6.45, 7) is 2.36. The second-order valence-electron chi connectivity index (χ2n) is 8.57. The third-order valence-corrected chi connectivity index (χ3v) is 6.51. The molecule has 1 amide bonds. The number of carbonyl (C=O) groups is 2. The van der Waals surface area contributed by atoms with E-state index in [4.69, 9.17) is 14.6 Å². The van der Waals surface area contributed by atoms with E-state index in [0.29, 0.717) is 48.5 Å². The molecule has 174 valence electrons. The first-order chi connectivity index (χ1) is 16.4. The lowest BCUT2D eigenvalue weighted by molar-refractivity contribution is -0.139. The topological polar surface area (TPSA) is 105 Å². The van der Waals surface area contributed by atoms with Gasteiger partial charge in [-0.1, -0.05) is 12.1 Å². The zero-order chi connectivity index (χ0) is 23.9. The zero-order valence-corrected chi connectivity index (χ0v) is 18.7. The Morgan fingerprint density at radius 1 is 1.18 bits per heavy atom. The zero-order valence-electron chi connectivity index (χ0n) is 18.7.